The summed E-state index contributed by atoms with van der Waals surface area (Å²) in [5.41, 5.74) is -1.61. The van der Waals surface area contributed by atoms with Crippen LogP contribution in [-0.2, 0) is 12.4 Å². The van der Waals surface area contributed by atoms with E-state index in [1.165, 1.54) is 6.07 Å². The van der Waals surface area contributed by atoms with E-state index in [-0.39, 0.29) is 23.5 Å². The van der Waals surface area contributed by atoms with Crippen molar-refractivity contribution in [1.82, 2.24) is 9.97 Å². The van der Waals surface area contributed by atoms with Crippen LogP contribution in [0.25, 0.3) is 0 Å². The number of nitrogens with one attached hydrogen (secondary N) is 2. The van der Waals surface area contributed by atoms with Gasteiger partial charge in [-0.05, 0) is 37.5 Å². The number of anilines is 3. The van der Waals surface area contributed by atoms with Crippen LogP contribution in [0.1, 0.15) is 48.9 Å². The van der Waals surface area contributed by atoms with Crippen molar-refractivity contribution in [2.75, 3.05) is 10.6 Å². The van der Waals surface area contributed by atoms with Crippen molar-refractivity contribution >= 4 is 17.5 Å². The summed E-state index contributed by atoms with van der Waals surface area (Å²) in [6, 6.07) is 3.66. The van der Waals surface area contributed by atoms with Gasteiger partial charge in [0.1, 0.15) is 5.82 Å². The molecule has 4 nitrogen and oxygen atoms in total. The van der Waals surface area contributed by atoms with Crippen LogP contribution in [0.2, 0.25) is 0 Å². The monoisotopic (exact) mass is 418 g/mol. The summed E-state index contributed by atoms with van der Waals surface area (Å²) < 4.78 is 78.7. The standard InChI is InChI=1S/C19H20F6N4/c1-11-7-8-12(18(20,21)22)9-14(11)27-16-10-15(19(23,24)25)28-17(29-16)26-13-5-3-2-4-6-13/h7-10,13H,2-6H2,1H3,(H2,26,27,28,29). The molecule has 2 aromatic rings. The van der Waals surface area contributed by atoms with Gasteiger partial charge < -0.3 is 10.6 Å². The summed E-state index contributed by atoms with van der Waals surface area (Å²) in [5, 5.41) is 5.51. The first-order chi connectivity index (χ1) is 13.5. The second kappa shape index (κ2) is 8.08. The number of hydrogen-bond acceptors (Lipinski definition) is 4. The third kappa shape index (κ3) is 5.51. The smallest absolute Gasteiger partial charge is 0.351 e. The van der Waals surface area contributed by atoms with Crippen LogP contribution < -0.4 is 10.6 Å². The van der Waals surface area contributed by atoms with Gasteiger partial charge in [-0.1, -0.05) is 25.3 Å². The van der Waals surface area contributed by atoms with Gasteiger partial charge in [-0.2, -0.15) is 31.3 Å². The zero-order valence-corrected chi connectivity index (χ0v) is 15.6. The molecule has 0 spiro atoms. The molecule has 1 aliphatic rings. The highest BCUT2D eigenvalue weighted by molar-refractivity contribution is 5.62. The van der Waals surface area contributed by atoms with E-state index in [0.29, 0.717) is 11.6 Å². The molecular formula is C19H20F6N4. The van der Waals surface area contributed by atoms with Crippen LogP contribution in [0.5, 0.6) is 0 Å². The average molecular weight is 418 g/mol. The average Bonchev–Trinajstić information content (AvgIpc) is 2.62. The molecule has 29 heavy (non-hydrogen) atoms. The maximum absolute atomic E-state index is 13.3. The molecule has 0 radical (unpaired) electrons. The summed E-state index contributed by atoms with van der Waals surface area (Å²) in [5.74, 6) is -0.424. The van der Waals surface area contributed by atoms with Crippen molar-refractivity contribution in [2.45, 2.75) is 57.4 Å². The summed E-state index contributed by atoms with van der Waals surface area (Å²) in [6.45, 7) is 1.55. The molecule has 1 saturated carbocycles. The summed E-state index contributed by atoms with van der Waals surface area (Å²) in [6.07, 6.45) is -4.68. The molecule has 0 aliphatic heterocycles. The van der Waals surface area contributed by atoms with Crippen molar-refractivity contribution in [3.63, 3.8) is 0 Å². The highest BCUT2D eigenvalue weighted by Gasteiger charge is 2.34. The summed E-state index contributed by atoms with van der Waals surface area (Å²) in [7, 11) is 0. The number of benzene rings is 1. The number of nitrogens with zero attached hydrogens (tertiary/aromatic N) is 2. The first-order valence-electron chi connectivity index (χ1n) is 9.20. The molecule has 1 fully saturated rings. The van der Waals surface area contributed by atoms with E-state index in [0.717, 1.165) is 44.2 Å². The molecule has 2 N–H and O–H groups in total. The Morgan fingerprint density at radius 2 is 1.59 bits per heavy atom. The molecule has 1 aliphatic carbocycles. The molecule has 0 amide bonds. The fourth-order valence-corrected chi connectivity index (χ4v) is 3.22. The fraction of sp³-hybridized carbons (Fsp3) is 0.474. The first-order valence-corrected chi connectivity index (χ1v) is 9.20. The van der Waals surface area contributed by atoms with E-state index in [1.807, 2.05) is 0 Å². The van der Waals surface area contributed by atoms with Gasteiger partial charge in [0.25, 0.3) is 0 Å². The van der Waals surface area contributed by atoms with Gasteiger partial charge in [0.2, 0.25) is 5.95 Å². The second-order valence-corrected chi connectivity index (χ2v) is 7.09. The molecular weight excluding hydrogens is 398 g/mol. The third-order valence-electron chi connectivity index (χ3n) is 4.78. The molecule has 1 aromatic carbocycles. The van der Waals surface area contributed by atoms with E-state index in [1.54, 1.807) is 6.92 Å². The predicted molar refractivity (Wildman–Crippen MR) is 97.0 cm³/mol. The van der Waals surface area contributed by atoms with Crippen molar-refractivity contribution in [3.8, 4) is 0 Å². The minimum Gasteiger partial charge on any atom is -0.351 e. The third-order valence-corrected chi connectivity index (χ3v) is 4.78. The quantitative estimate of drug-likeness (QED) is 0.571. The van der Waals surface area contributed by atoms with Crippen molar-refractivity contribution in [3.05, 3.63) is 41.1 Å². The molecule has 0 unspecified atom stereocenters. The van der Waals surface area contributed by atoms with Crippen LogP contribution in [0, 0.1) is 6.92 Å². The maximum Gasteiger partial charge on any atom is 0.433 e. The Morgan fingerprint density at radius 3 is 2.21 bits per heavy atom. The van der Waals surface area contributed by atoms with E-state index in [2.05, 4.69) is 20.6 Å². The SMILES string of the molecule is Cc1ccc(C(F)(F)F)cc1Nc1cc(C(F)(F)F)nc(NC2CCCCC2)n1. The lowest BCUT2D eigenvalue weighted by Gasteiger charge is -2.23. The highest BCUT2D eigenvalue weighted by Crippen LogP contribution is 2.34. The zero-order chi connectivity index (χ0) is 21.2. The van der Waals surface area contributed by atoms with Gasteiger partial charge in [0, 0.05) is 17.8 Å². The van der Waals surface area contributed by atoms with Crippen LogP contribution in [-0.4, -0.2) is 16.0 Å². The highest BCUT2D eigenvalue weighted by atomic mass is 19.4. The number of halogens is 6. The summed E-state index contributed by atoms with van der Waals surface area (Å²) in [4.78, 5) is 7.61. The maximum atomic E-state index is 13.3. The van der Waals surface area contributed by atoms with E-state index in [4.69, 9.17) is 0 Å². The lowest BCUT2D eigenvalue weighted by Crippen LogP contribution is -2.24. The molecule has 0 saturated heterocycles. The van der Waals surface area contributed by atoms with Crippen LogP contribution in [0.3, 0.4) is 0 Å². The molecule has 0 bridgehead atoms. The van der Waals surface area contributed by atoms with Crippen molar-refractivity contribution in [2.24, 2.45) is 0 Å². The van der Waals surface area contributed by atoms with Crippen molar-refractivity contribution < 1.29 is 26.3 Å². The van der Waals surface area contributed by atoms with E-state index >= 15 is 0 Å². The van der Waals surface area contributed by atoms with Gasteiger partial charge in [-0.3, -0.25) is 0 Å². The van der Waals surface area contributed by atoms with Gasteiger partial charge in [0.15, 0.2) is 5.69 Å². The van der Waals surface area contributed by atoms with Gasteiger partial charge in [-0.25, -0.2) is 4.98 Å². The van der Waals surface area contributed by atoms with Crippen LogP contribution in [0.15, 0.2) is 24.3 Å². The first kappa shape index (κ1) is 21.2. The number of rotatable bonds is 4. The Bertz CT molecular complexity index is 857. The minimum atomic E-state index is -4.72. The lowest BCUT2D eigenvalue weighted by atomic mass is 9.96. The largest absolute Gasteiger partial charge is 0.433 e. The van der Waals surface area contributed by atoms with Crippen molar-refractivity contribution in [1.29, 1.82) is 0 Å². The Hall–Kier alpha value is -2.52. The number of aromatic nitrogens is 2. The van der Waals surface area contributed by atoms with Gasteiger partial charge in [0.05, 0.1) is 5.56 Å². The van der Waals surface area contributed by atoms with Crippen LogP contribution in [0.4, 0.5) is 43.8 Å². The molecule has 3 rings (SSSR count). The second-order valence-electron chi connectivity index (χ2n) is 7.09. The molecule has 1 aromatic heterocycles. The summed E-state index contributed by atoms with van der Waals surface area (Å²) >= 11 is 0. The van der Waals surface area contributed by atoms with E-state index < -0.39 is 23.6 Å². The molecule has 158 valence electrons. The predicted octanol–water partition coefficient (Wildman–Crippen LogP) is 6.31. The van der Waals surface area contributed by atoms with E-state index in [9.17, 15) is 26.3 Å². The zero-order valence-electron chi connectivity index (χ0n) is 15.6. The lowest BCUT2D eigenvalue weighted by molar-refractivity contribution is -0.141. The minimum absolute atomic E-state index is 0.0234. The Kier molecular flexibility index (Phi) is 5.90. The number of hydrogen-bond donors (Lipinski definition) is 2. The Balaban J connectivity index is 1.93. The molecule has 0 atom stereocenters. The number of alkyl halides is 6. The fourth-order valence-electron chi connectivity index (χ4n) is 3.22. The topological polar surface area (TPSA) is 49.8 Å². The Morgan fingerprint density at radius 1 is 0.897 bits per heavy atom. The van der Waals surface area contributed by atoms with Crippen LogP contribution >= 0.6 is 0 Å². The van der Waals surface area contributed by atoms with Gasteiger partial charge >= 0.3 is 12.4 Å². The molecule has 1 heterocycles. The number of aryl methyl sites for hydroxylation is 1. The van der Waals surface area contributed by atoms with Gasteiger partial charge in [-0.15, -0.1) is 0 Å². The normalized spacial score (nSPS) is 16.0. The molecule has 10 heteroatoms. The Labute approximate surface area is 163 Å².